The number of carboxylic acid groups (broad SMARTS) is 1. The molecule has 1 aliphatic rings. The van der Waals surface area contributed by atoms with E-state index in [0.717, 1.165) is 12.8 Å². The normalized spacial score (nSPS) is 25.8. The van der Waals surface area contributed by atoms with Crippen molar-refractivity contribution in [1.82, 2.24) is 0 Å². The Morgan fingerprint density at radius 1 is 1.60 bits per heavy atom. The van der Waals surface area contributed by atoms with E-state index in [4.69, 9.17) is 16.9 Å². The van der Waals surface area contributed by atoms with Gasteiger partial charge in [0.05, 0.1) is 11.3 Å². The lowest BCUT2D eigenvalue weighted by Gasteiger charge is -2.38. The Labute approximate surface area is 123 Å². The molecule has 0 spiro atoms. The van der Waals surface area contributed by atoms with Crippen molar-refractivity contribution >= 4 is 23.3 Å². The van der Waals surface area contributed by atoms with Crippen molar-refractivity contribution in [1.29, 1.82) is 5.26 Å². The van der Waals surface area contributed by atoms with Gasteiger partial charge in [-0.2, -0.15) is 5.26 Å². The van der Waals surface area contributed by atoms with Gasteiger partial charge in [0, 0.05) is 5.02 Å². The number of nitriles is 1. The third-order valence-corrected chi connectivity index (χ3v) is 4.12. The number of rotatable bonds is 3. The summed E-state index contributed by atoms with van der Waals surface area (Å²) >= 11 is 5.86. The number of anilines is 1. The molecular formula is C15H17ClN2O2. The molecule has 2 unspecified atom stereocenters. The standard InChI is InChI=1S/C15H17ClN2O2/c1-10-3-2-6-15(8-10,14(19)20)18-13-5-4-12(16)7-11(13)9-17/h4-5,7,10,18H,2-3,6,8H2,1H3,(H,19,20). The second-order valence-electron chi connectivity index (χ2n) is 5.52. The quantitative estimate of drug-likeness (QED) is 0.892. The average molecular weight is 293 g/mol. The molecule has 0 heterocycles. The predicted octanol–water partition coefficient (Wildman–Crippen LogP) is 3.66. The summed E-state index contributed by atoms with van der Waals surface area (Å²) in [5.74, 6) is -0.506. The van der Waals surface area contributed by atoms with Gasteiger partial charge in [-0.05, 0) is 37.0 Å². The molecule has 2 atom stereocenters. The van der Waals surface area contributed by atoms with E-state index in [0.29, 0.717) is 35.0 Å². The molecule has 0 amide bonds. The minimum absolute atomic E-state index is 0.352. The first-order valence-corrected chi connectivity index (χ1v) is 7.06. The Morgan fingerprint density at radius 2 is 2.35 bits per heavy atom. The molecule has 0 saturated heterocycles. The Morgan fingerprint density at radius 3 is 2.95 bits per heavy atom. The topological polar surface area (TPSA) is 73.1 Å². The van der Waals surface area contributed by atoms with Crippen molar-refractivity contribution < 1.29 is 9.90 Å². The maximum Gasteiger partial charge on any atom is 0.329 e. The van der Waals surface area contributed by atoms with Gasteiger partial charge in [-0.3, -0.25) is 0 Å². The Hall–Kier alpha value is -1.73. The van der Waals surface area contributed by atoms with Gasteiger partial charge < -0.3 is 10.4 Å². The van der Waals surface area contributed by atoms with E-state index in [-0.39, 0.29) is 0 Å². The van der Waals surface area contributed by atoms with E-state index >= 15 is 0 Å². The highest BCUT2D eigenvalue weighted by atomic mass is 35.5. The van der Waals surface area contributed by atoms with Crippen LogP contribution in [0.15, 0.2) is 18.2 Å². The maximum atomic E-state index is 11.7. The third kappa shape index (κ3) is 2.88. The van der Waals surface area contributed by atoms with Crippen molar-refractivity contribution in [2.45, 2.75) is 38.1 Å². The van der Waals surface area contributed by atoms with Crippen LogP contribution in [0.4, 0.5) is 5.69 Å². The molecule has 4 nitrogen and oxygen atoms in total. The summed E-state index contributed by atoms with van der Waals surface area (Å²) in [7, 11) is 0. The van der Waals surface area contributed by atoms with Crippen molar-refractivity contribution in [2.24, 2.45) is 5.92 Å². The highest BCUT2D eigenvalue weighted by molar-refractivity contribution is 6.30. The Balaban J connectivity index is 2.34. The van der Waals surface area contributed by atoms with Gasteiger partial charge in [0.1, 0.15) is 11.6 Å². The Bertz CT molecular complexity index is 567. The fraction of sp³-hybridized carbons (Fsp3) is 0.467. The van der Waals surface area contributed by atoms with Crippen LogP contribution in [0, 0.1) is 17.2 Å². The van der Waals surface area contributed by atoms with E-state index < -0.39 is 11.5 Å². The van der Waals surface area contributed by atoms with Crippen LogP contribution >= 0.6 is 11.6 Å². The van der Waals surface area contributed by atoms with E-state index in [2.05, 4.69) is 18.3 Å². The molecular weight excluding hydrogens is 276 g/mol. The van der Waals surface area contributed by atoms with Crippen LogP contribution < -0.4 is 5.32 Å². The molecule has 1 aliphatic carbocycles. The summed E-state index contributed by atoms with van der Waals surface area (Å²) in [4.78, 5) is 11.7. The van der Waals surface area contributed by atoms with E-state index in [1.165, 1.54) is 0 Å². The molecule has 2 rings (SSSR count). The predicted molar refractivity (Wildman–Crippen MR) is 77.8 cm³/mol. The zero-order chi connectivity index (χ0) is 14.8. The van der Waals surface area contributed by atoms with Gasteiger partial charge in [-0.1, -0.05) is 31.4 Å². The molecule has 0 radical (unpaired) electrons. The van der Waals surface area contributed by atoms with E-state index in [1.807, 2.05) is 0 Å². The fourth-order valence-electron chi connectivity index (χ4n) is 2.89. The number of hydrogen-bond acceptors (Lipinski definition) is 3. The van der Waals surface area contributed by atoms with Crippen molar-refractivity contribution in [3.63, 3.8) is 0 Å². The van der Waals surface area contributed by atoms with Crippen LogP contribution in [0.5, 0.6) is 0 Å². The van der Waals surface area contributed by atoms with E-state index in [9.17, 15) is 9.90 Å². The first-order valence-electron chi connectivity index (χ1n) is 6.68. The number of carbonyl (C=O) groups is 1. The van der Waals surface area contributed by atoms with Crippen molar-refractivity contribution in [3.05, 3.63) is 28.8 Å². The molecule has 20 heavy (non-hydrogen) atoms. The summed E-state index contributed by atoms with van der Waals surface area (Å²) < 4.78 is 0. The molecule has 0 aromatic heterocycles. The molecule has 5 heteroatoms. The average Bonchev–Trinajstić information content (AvgIpc) is 2.40. The van der Waals surface area contributed by atoms with Crippen LogP contribution in [0.1, 0.15) is 38.2 Å². The highest BCUT2D eigenvalue weighted by Crippen LogP contribution is 2.36. The third-order valence-electron chi connectivity index (χ3n) is 3.88. The summed E-state index contributed by atoms with van der Waals surface area (Å²) in [6, 6.07) is 6.93. The lowest BCUT2D eigenvalue weighted by Crippen LogP contribution is -2.49. The number of nitrogens with one attached hydrogen (secondary N) is 1. The molecule has 2 N–H and O–H groups in total. The van der Waals surface area contributed by atoms with Gasteiger partial charge in [-0.15, -0.1) is 0 Å². The molecule has 1 fully saturated rings. The maximum absolute atomic E-state index is 11.7. The van der Waals surface area contributed by atoms with Crippen molar-refractivity contribution in [3.8, 4) is 6.07 Å². The second kappa shape index (κ2) is 5.72. The number of halogens is 1. The lowest BCUT2D eigenvalue weighted by atomic mass is 9.76. The van der Waals surface area contributed by atoms with Gasteiger partial charge >= 0.3 is 5.97 Å². The smallest absolute Gasteiger partial charge is 0.329 e. The SMILES string of the molecule is CC1CCCC(Nc2ccc(Cl)cc2C#N)(C(=O)O)C1. The number of aliphatic carboxylic acids is 1. The van der Waals surface area contributed by atoms with Crippen LogP contribution in [-0.4, -0.2) is 16.6 Å². The molecule has 1 aromatic carbocycles. The number of carboxylic acids is 1. The van der Waals surface area contributed by atoms with Crippen LogP contribution in [0.2, 0.25) is 5.02 Å². The first-order chi connectivity index (χ1) is 9.47. The second-order valence-corrected chi connectivity index (χ2v) is 5.95. The zero-order valence-electron chi connectivity index (χ0n) is 11.3. The van der Waals surface area contributed by atoms with E-state index in [1.54, 1.807) is 18.2 Å². The van der Waals surface area contributed by atoms with Gasteiger partial charge in [0.25, 0.3) is 0 Å². The largest absolute Gasteiger partial charge is 0.480 e. The molecule has 106 valence electrons. The highest BCUT2D eigenvalue weighted by Gasteiger charge is 2.42. The zero-order valence-corrected chi connectivity index (χ0v) is 12.1. The molecule has 0 bridgehead atoms. The van der Waals surface area contributed by atoms with Crippen LogP contribution in [0.25, 0.3) is 0 Å². The number of nitrogens with zero attached hydrogens (tertiary/aromatic N) is 1. The van der Waals surface area contributed by atoms with Crippen LogP contribution in [-0.2, 0) is 4.79 Å². The molecule has 0 aliphatic heterocycles. The van der Waals surface area contributed by atoms with Gasteiger partial charge in [-0.25, -0.2) is 4.79 Å². The summed E-state index contributed by atoms with van der Waals surface area (Å²) in [6.07, 6.45) is 3.05. The minimum Gasteiger partial charge on any atom is -0.480 e. The minimum atomic E-state index is -0.989. The van der Waals surface area contributed by atoms with Crippen LogP contribution in [0.3, 0.4) is 0 Å². The van der Waals surface area contributed by atoms with Gasteiger partial charge in [0.2, 0.25) is 0 Å². The first kappa shape index (κ1) is 14.7. The summed E-state index contributed by atoms with van der Waals surface area (Å²) in [5.41, 5.74) is -0.0818. The fourth-order valence-corrected chi connectivity index (χ4v) is 3.06. The molecule has 1 saturated carbocycles. The summed E-state index contributed by atoms with van der Waals surface area (Å²) in [6.45, 7) is 2.06. The number of benzene rings is 1. The molecule has 1 aromatic rings. The Kier molecular flexibility index (Phi) is 4.20. The summed E-state index contributed by atoms with van der Waals surface area (Å²) in [5, 5.41) is 22.3. The number of hydrogen-bond donors (Lipinski definition) is 2. The van der Waals surface area contributed by atoms with Crippen molar-refractivity contribution in [2.75, 3.05) is 5.32 Å². The lowest BCUT2D eigenvalue weighted by molar-refractivity contribution is -0.144. The monoisotopic (exact) mass is 292 g/mol. The van der Waals surface area contributed by atoms with Gasteiger partial charge in [0.15, 0.2) is 0 Å².